The van der Waals surface area contributed by atoms with Crippen LogP contribution in [0, 0.1) is 0 Å². The fourth-order valence-corrected chi connectivity index (χ4v) is 12.4. The summed E-state index contributed by atoms with van der Waals surface area (Å²) < 4.78 is 5.11. The van der Waals surface area contributed by atoms with Gasteiger partial charge in [-0.2, -0.15) is 0 Å². The molecule has 0 aliphatic carbocycles. The lowest BCUT2D eigenvalue weighted by molar-refractivity contribution is 1.32. The van der Waals surface area contributed by atoms with Gasteiger partial charge in [0.25, 0.3) is 0 Å². The standard InChI is InChI=1S/C64H41NS2/c1-4-13-42(14-5-1)51-31-35-55-60(40-51)66-59-22-12-21-57(62(55)59)65(53-33-29-46(30-34-53)45-23-25-47(26-24-45)50-28-27-44-17-10-11-20-49(44)39-50)58-38-37-54(48-18-8-3-9-19-48)64-63(58)56-36-32-52(41-61(56)67-64)43-15-6-2-7-16-43/h1-41H. The highest BCUT2D eigenvalue weighted by Crippen LogP contribution is 2.52. The van der Waals surface area contributed by atoms with Crippen LogP contribution in [0.25, 0.3) is 107 Å². The van der Waals surface area contributed by atoms with Crippen molar-refractivity contribution >= 4 is 90.9 Å². The molecule has 0 radical (unpaired) electrons. The minimum atomic E-state index is 1.11. The van der Waals surface area contributed by atoms with E-state index in [1.54, 1.807) is 0 Å². The predicted molar refractivity (Wildman–Crippen MR) is 292 cm³/mol. The summed E-state index contributed by atoms with van der Waals surface area (Å²) in [4.78, 5) is 2.53. The molecule has 13 aromatic rings. The highest BCUT2D eigenvalue weighted by atomic mass is 32.1. The molecule has 67 heavy (non-hydrogen) atoms. The van der Waals surface area contributed by atoms with E-state index in [1.165, 1.54) is 107 Å². The van der Waals surface area contributed by atoms with Crippen LogP contribution in [0.1, 0.15) is 0 Å². The first-order valence-electron chi connectivity index (χ1n) is 22.8. The van der Waals surface area contributed by atoms with Crippen molar-refractivity contribution in [3.8, 4) is 55.6 Å². The highest BCUT2D eigenvalue weighted by Gasteiger charge is 2.24. The van der Waals surface area contributed by atoms with Gasteiger partial charge in [-0.25, -0.2) is 0 Å². The Morgan fingerprint density at radius 3 is 1.40 bits per heavy atom. The summed E-state index contributed by atoms with van der Waals surface area (Å²) in [6.45, 7) is 0. The van der Waals surface area contributed by atoms with Gasteiger partial charge in [0.15, 0.2) is 0 Å². The molecule has 0 aliphatic heterocycles. The molecule has 0 amide bonds. The van der Waals surface area contributed by atoms with Crippen LogP contribution >= 0.6 is 22.7 Å². The van der Waals surface area contributed by atoms with Crippen LogP contribution in [0.4, 0.5) is 17.1 Å². The Hall–Kier alpha value is -8.08. The molecule has 2 aromatic heterocycles. The van der Waals surface area contributed by atoms with Crippen molar-refractivity contribution in [1.29, 1.82) is 0 Å². The van der Waals surface area contributed by atoms with Gasteiger partial charge in [-0.1, -0.05) is 200 Å². The monoisotopic (exact) mass is 887 g/mol. The number of benzene rings is 11. The molecular formula is C64H41NS2. The van der Waals surface area contributed by atoms with Crippen molar-refractivity contribution in [3.05, 3.63) is 249 Å². The first-order valence-corrected chi connectivity index (χ1v) is 24.4. The quantitative estimate of drug-likeness (QED) is 0.147. The molecule has 0 spiro atoms. The van der Waals surface area contributed by atoms with Crippen LogP contribution in [0.3, 0.4) is 0 Å². The largest absolute Gasteiger partial charge is 0.309 e. The van der Waals surface area contributed by atoms with Crippen molar-refractivity contribution < 1.29 is 0 Å². The highest BCUT2D eigenvalue weighted by molar-refractivity contribution is 7.26. The van der Waals surface area contributed by atoms with Gasteiger partial charge in [0.1, 0.15) is 0 Å². The Kier molecular flexibility index (Phi) is 9.63. The van der Waals surface area contributed by atoms with E-state index in [2.05, 4.69) is 254 Å². The summed E-state index contributed by atoms with van der Waals surface area (Å²) in [6, 6.07) is 91.4. The van der Waals surface area contributed by atoms with Crippen molar-refractivity contribution in [1.82, 2.24) is 0 Å². The topological polar surface area (TPSA) is 3.24 Å². The first kappa shape index (κ1) is 39.3. The molecule has 0 aliphatic rings. The summed E-state index contributed by atoms with van der Waals surface area (Å²) in [6.07, 6.45) is 0. The predicted octanol–water partition coefficient (Wildman–Crippen LogP) is 19.4. The van der Waals surface area contributed by atoms with Gasteiger partial charge >= 0.3 is 0 Å². The van der Waals surface area contributed by atoms with E-state index >= 15 is 0 Å². The zero-order chi connectivity index (χ0) is 44.3. The number of fused-ring (bicyclic) bond motifs is 7. The molecular weight excluding hydrogens is 847 g/mol. The minimum absolute atomic E-state index is 1.11. The van der Waals surface area contributed by atoms with E-state index < -0.39 is 0 Å². The van der Waals surface area contributed by atoms with E-state index in [9.17, 15) is 0 Å². The van der Waals surface area contributed by atoms with Crippen LogP contribution in [0.5, 0.6) is 0 Å². The molecule has 11 aromatic carbocycles. The Bertz CT molecular complexity index is 3940. The molecule has 0 N–H and O–H groups in total. The third-order valence-electron chi connectivity index (χ3n) is 13.3. The molecule has 1 nitrogen and oxygen atoms in total. The number of thiophene rings is 2. The van der Waals surface area contributed by atoms with Crippen LogP contribution in [0.2, 0.25) is 0 Å². The van der Waals surface area contributed by atoms with Crippen LogP contribution in [-0.4, -0.2) is 0 Å². The first-order chi connectivity index (χ1) is 33.2. The van der Waals surface area contributed by atoms with Crippen molar-refractivity contribution in [2.75, 3.05) is 4.90 Å². The molecule has 314 valence electrons. The van der Waals surface area contributed by atoms with Gasteiger partial charge in [0.2, 0.25) is 0 Å². The average Bonchev–Trinajstić information content (AvgIpc) is 3.98. The van der Waals surface area contributed by atoms with Gasteiger partial charge in [-0.3, -0.25) is 0 Å². The van der Waals surface area contributed by atoms with E-state index in [0.29, 0.717) is 0 Å². The molecule has 2 heterocycles. The lowest BCUT2D eigenvalue weighted by atomic mass is 9.97. The van der Waals surface area contributed by atoms with Gasteiger partial charge in [0, 0.05) is 46.0 Å². The maximum absolute atomic E-state index is 2.53. The second-order valence-electron chi connectivity index (χ2n) is 17.2. The summed E-state index contributed by atoms with van der Waals surface area (Å²) in [5.74, 6) is 0. The fourth-order valence-electron chi connectivity index (χ4n) is 9.94. The molecule has 0 saturated heterocycles. The minimum Gasteiger partial charge on any atom is -0.309 e. The van der Waals surface area contributed by atoms with Crippen LogP contribution in [0.15, 0.2) is 249 Å². The van der Waals surface area contributed by atoms with Gasteiger partial charge in [-0.05, 0) is 115 Å². The lowest BCUT2D eigenvalue weighted by Gasteiger charge is -2.28. The maximum atomic E-state index is 2.53. The summed E-state index contributed by atoms with van der Waals surface area (Å²) >= 11 is 3.77. The Morgan fingerprint density at radius 1 is 0.269 bits per heavy atom. The van der Waals surface area contributed by atoms with Crippen molar-refractivity contribution in [2.45, 2.75) is 0 Å². The smallest absolute Gasteiger partial charge is 0.0555 e. The molecule has 0 atom stereocenters. The molecule has 0 bridgehead atoms. The molecule has 13 rings (SSSR count). The van der Waals surface area contributed by atoms with Crippen LogP contribution in [-0.2, 0) is 0 Å². The SMILES string of the molecule is c1ccc(-c2ccc3c(c2)sc2cccc(N(c4ccc(-c5ccc(-c6ccc7ccccc7c6)cc5)cc4)c4ccc(-c5ccccc5)c5sc6cc(-c7ccccc7)ccc6c45)c23)cc1. The van der Waals surface area contributed by atoms with E-state index in [0.717, 1.165) is 17.1 Å². The fraction of sp³-hybridized carbons (Fsp3) is 0. The van der Waals surface area contributed by atoms with Gasteiger partial charge in [-0.15, -0.1) is 22.7 Å². The van der Waals surface area contributed by atoms with E-state index in [1.807, 2.05) is 22.7 Å². The third kappa shape index (κ3) is 6.99. The normalized spacial score (nSPS) is 11.6. The van der Waals surface area contributed by atoms with Crippen molar-refractivity contribution in [3.63, 3.8) is 0 Å². The number of anilines is 3. The van der Waals surface area contributed by atoms with E-state index in [-0.39, 0.29) is 0 Å². The van der Waals surface area contributed by atoms with Gasteiger partial charge in [0.05, 0.1) is 11.4 Å². The Labute approximate surface area is 397 Å². The Morgan fingerprint density at radius 2 is 0.746 bits per heavy atom. The Balaban J connectivity index is 0.997. The zero-order valence-corrected chi connectivity index (χ0v) is 38.1. The van der Waals surface area contributed by atoms with E-state index in [4.69, 9.17) is 0 Å². The molecule has 0 fully saturated rings. The second kappa shape index (κ2) is 16.4. The lowest BCUT2D eigenvalue weighted by Crippen LogP contribution is -2.11. The van der Waals surface area contributed by atoms with Gasteiger partial charge < -0.3 is 4.90 Å². The average molecular weight is 888 g/mol. The number of hydrogen-bond acceptors (Lipinski definition) is 3. The molecule has 0 unspecified atom stereocenters. The molecule has 0 saturated carbocycles. The summed E-state index contributed by atoms with van der Waals surface area (Å²) in [5.41, 5.74) is 15.6. The second-order valence-corrected chi connectivity index (χ2v) is 19.4. The summed E-state index contributed by atoms with van der Waals surface area (Å²) in [5, 5.41) is 7.57. The maximum Gasteiger partial charge on any atom is 0.0555 e. The number of nitrogens with zero attached hydrogens (tertiary/aromatic N) is 1. The summed E-state index contributed by atoms with van der Waals surface area (Å²) in [7, 11) is 0. The number of hydrogen-bond donors (Lipinski definition) is 0. The van der Waals surface area contributed by atoms with Crippen LogP contribution < -0.4 is 4.90 Å². The zero-order valence-electron chi connectivity index (χ0n) is 36.4. The number of rotatable bonds is 8. The third-order valence-corrected chi connectivity index (χ3v) is 15.6. The van der Waals surface area contributed by atoms with Crippen molar-refractivity contribution in [2.24, 2.45) is 0 Å². The molecule has 3 heteroatoms.